The van der Waals surface area contributed by atoms with Crippen molar-refractivity contribution >= 4 is 25.7 Å². The molecule has 55 heavy (non-hydrogen) atoms. The zero-order valence-electron chi connectivity index (χ0n) is 35.3. The first-order chi connectivity index (χ1) is 26.6. The first-order valence-corrected chi connectivity index (χ1v) is 24.1. The predicted octanol–water partition coefficient (Wildman–Crippen LogP) is 11.9. The van der Waals surface area contributed by atoms with Gasteiger partial charge in [-0.25, -0.2) is 4.57 Å². The lowest BCUT2D eigenvalue weighted by Gasteiger charge is -2.20. The highest BCUT2D eigenvalue weighted by Crippen LogP contribution is 2.43. The van der Waals surface area contributed by atoms with Crippen molar-refractivity contribution in [1.82, 2.24) is 0 Å². The second-order valence-electron chi connectivity index (χ2n) is 15.6. The van der Waals surface area contributed by atoms with E-state index in [1.54, 1.807) is 0 Å². The van der Waals surface area contributed by atoms with Gasteiger partial charge in [-0.3, -0.25) is 23.4 Å². The summed E-state index contributed by atoms with van der Waals surface area (Å²) in [6.07, 6.45) is 37.4. The van der Waals surface area contributed by atoms with Crippen LogP contribution in [0.4, 0.5) is 0 Å². The van der Waals surface area contributed by atoms with Gasteiger partial charge in [0.1, 0.15) is 12.6 Å². The first-order valence-electron chi connectivity index (χ1n) is 22.6. The van der Waals surface area contributed by atoms with Gasteiger partial charge in [-0.1, -0.05) is 200 Å². The number of phosphoric acid groups is 1. The third kappa shape index (κ3) is 39.1. The van der Waals surface area contributed by atoms with Crippen LogP contribution in [0.15, 0.2) is 0 Å². The maximum absolute atomic E-state index is 12.6. The number of carbonyl (C=O) groups is 3. The van der Waals surface area contributed by atoms with E-state index in [2.05, 4.69) is 18.4 Å². The SMILES string of the molecule is CCCCCCCCCCCCCCCCCCCCCC(=O)OC[C@H](COP(=O)(O)OC[C@H](N)C(=O)O)OC(=O)CCCCCCCCCCCCCC. The van der Waals surface area contributed by atoms with Crippen molar-refractivity contribution in [3.8, 4) is 0 Å². The molecule has 326 valence electrons. The van der Waals surface area contributed by atoms with Crippen molar-refractivity contribution in [3.63, 3.8) is 0 Å². The molecule has 0 fully saturated rings. The number of nitrogens with two attached hydrogens (primary N) is 1. The molecule has 0 aromatic carbocycles. The third-order valence-corrected chi connectivity index (χ3v) is 11.1. The lowest BCUT2D eigenvalue weighted by atomic mass is 10.0. The van der Waals surface area contributed by atoms with E-state index >= 15 is 0 Å². The summed E-state index contributed by atoms with van der Waals surface area (Å²) >= 11 is 0. The second kappa shape index (κ2) is 39.3. The van der Waals surface area contributed by atoms with Gasteiger partial charge in [0.2, 0.25) is 0 Å². The number of hydrogen-bond acceptors (Lipinski definition) is 9. The Balaban J connectivity index is 4.24. The number of esters is 2. The molecule has 0 radical (unpaired) electrons. The van der Waals surface area contributed by atoms with E-state index in [0.29, 0.717) is 12.8 Å². The molecule has 0 aliphatic rings. The van der Waals surface area contributed by atoms with E-state index < -0.39 is 51.1 Å². The summed E-state index contributed by atoms with van der Waals surface area (Å²) in [7, 11) is -4.71. The molecule has 0 bridgehead atoms. The summed E-state index contributed by atoms with van der Waals surface area (Å²) in [5, 5.41) is 8.88. The lowest BCUT2D eigenvalue weighted by Crippen LogP contribution is -2.34. The van der Waals surface area contributed by atoms with Crippen LogP contribution >= 0.6 is 7.82 Å². The summed E-state index contributed by atoms with van der Waals surface area (Å²) < 4.78 is 32.7. The Bertz CT molecular complexity index is 952. The largest absolute Gasteiger partial charge is 0.480 e. The summed E-state index contributed by atoms with van der Waals surface area (Å²) in [5.74, 6) is -2.36. The monoisotopic (exact) mass is 806 g/mol. The van der Waals surface area contributed by atoms with Gasteiger partial charge in [0.05, 0.1) is 13.2 Å². The molecule has 0 aliphatic heterocycles. The van der Waals surface area contributed by atoms with Crippen LogP contribution in [0.3, 0.4) is 0 Å². The van der Waals surface area contributed by atoms with Crippen LogP contribution < -0.4 is 5.73 Å². The van der Waals surface area contributed by atoms with Crippen LogP contribution in [-0.2, 0) is 37.5 Å². The quantitative estimate of drug-likeness (QED) is 0.0304. The van der Waals surface area contributed by atoms with E-state index in [1.807, 2.05) is 0 Å². The highest BCUT2D eigenvalue weighted by atomic mass is 31.2. The summed E-state index contributed by atoms with van der Waals surface area (Å²) in [6, 6.07) is -1.52. The molecule has 0 aliphatic carbocycles. The number of carboxylic acids is 1. The van der Waals surface area contributed by atoms with Crippen LogP contribution in [0.5, 0.6) is 0 Å². The van der Waals surface area contributed by atoms with E-state index in [9.17, 15) is 23.8 Å². The van der Waals surface area contributed by atoms with E-state index in [-0.39, 0.29) is 19.4 Å². The third-order valence-electron chi connectivity index (χ3n) is 10.1. The summed E-state index contributed by atoms with van der Waals surface area (Å²) in [5.41, 5.74) is 5.33. The number of carbonyl (C=O) groups excluding carboxylic acids is 2. The van der Waals surface area contributed by atoms with E-state index in [0.717, 1.165) is 38.5 Å². The molecule has 4 N–H and O–H groups in total. The zero-order chi connectivity index (χ0) is 40.7. The Hall–Kier alpha value is -1.52. The standard InChI is InChI=1S/C43H84NO10P/c1-3-5-7-9-11-13-15-17-18-19-20-21-22-23-25-26-28-30-32-34-41(45)51-36-39(37-52-55(49,50)53-38-40(44)43(47)48)54-42(46)35-33-31-29-27-24-16-14-12-10-8-6-4-2/h39-40H,3-38,44H2,1-2H3,(H,47,48)(H,49,50)/t39-,40+/m1/s1. The predicted molar refractivity (Wildman–Crippen MR) is 222 cm³/mol. The Morgan fingerprint density at radius 1 is 0.491 bits per heavy atom. The molecule has 0 spiro atoms. The van der Waals surface area contributed by atoms with Gasteiger partial charge in [0.25, 0.3) is 0 Å². The van der Waals surface area contributed by atoms with Crippen LogP contribution in [0.1, 0.15) is 226 Å². The summed E-state index contributed by atoms with van der Waals surface area (Å²) in [4.78, 5) is 45.9. The molecule has 0 rings (SSSR count). The fourth-order valence-electron chi connectivity index (χ4n) is 6.54. The number of unbranched alkanes of at least 4 members (excludes halogenated alkanes) is 29. The average molecular weight is 806 g/mol. The molecule has 0 heterocycles. The van der Waals surface area contributed by atoms with Crippen molar-refractivity contribution in [2.75, 3.05) is 19.8 Å². The summed E-state index contributed by atoms with van der Waals surface area (Å²) in [6.45, 7) is 2.83. The van der Waals surface area contributed by atoms with Crippen LogP contribution in [-0.4, -0.2) is 59.9 Å². The normalized spacial score (nSPS) is 13.7. The molecule has 0 aromatic rings. The Morgan fingerprint density at radius 2 is 0.800 bits per heavy atom. The fraction of sp³-hybridized carbons (Fsp3) is 0.930. The van der Waals surface area contributed by atoms with Gasteiger partial charge >= 0.3 is 25.7 Å². The molecule has 12 heteroatoms. The van der Waals surface area contributed by atoms with Gasteiger partial charge in [0.15, 0.2) is 6.10 Å². The van der Waals surface area contributed by atoms with Crippen molar-refractivity contribution in [2.24, 2.45) is 5.73 Å². The van der Waals surface area contributed by atoms with Crippen molar-refractivity contribution < 1.29 is 47.5 Å². The highest BCUT2D eigenvalue weighted by molar-refractivity contribution is 7.47. The fourth-order valence-corrected chi connectivity index (χ4v) is 7.32. The Morgan fingerprint density at radius 3 is 1.15 bits per heavy atom. The Kier molecular flexibility index (Phi) is 38.2. The van der Waals surface area contributed by atoms with Crippen molar-refractivity contribution in [3.05, 3.63) is 0 Å². The van der Waals surface area contributed by atoms with E-state index in [4.69, 9.17) is 24.8 Å². The van der Waals surface area contributed by atoms with Gasteiger partial charge in [-0.15, -0.1) is 0 Å². The number of rotatable bonds is 43. The molecule has 1 unspecified atom stereocenters. The zero-order valence-corrected chi connectivity index (χ0v) is 36.2. The number of ether oxygens (including phenoxy) is 2. The maximum atomic E-state index is 12.6. The molecule has 0 saturated carbocycles. The molecule has 0 aromatic heterocycles. The second-order valence-corrected chi connectivity index (χ2v) is 17.0. The Labute approximate surface area is 335 Å². The molecule has 0 amide bonds. The van der Waals surface area contributed by atoms with Crippen LogP contribution in [0, 0.1) is 0 Å². The van der Waals surface area contributed by atoms with Gasteiger partial charge in [0, 0.05) is 12.8 Å². The number of carboxylic acid groups (broad SMARTS) is 1. The van der Waals surface area contributed by atoms with Crippen LogP contribution in [0.2, 0.25) is 0 Å². The highest BCUT2D eigenvalue weighted by Gasteiger charge is 2.28. The number of phosphoric ester groups is 1. The van der Waals surface area contributed by atoms with Crippen LogP contribution in [0.25, 0.3) is 0 Å². The minimum atomic E-state index is -4.71. The van der Waals surface area contributed by atoms with E-state index in [1.165, 1.54) is 148 Å². The molecule has 3 atom stereocenters. The topological polar surface area (TPSA) is 172 Å². The molecule has 0 saturated heterocycles. The first kappa shape index (κ1) is 53.5. The maximum Gasteiger partial charge on any atom is 0.472 e. The number of aliphatic carboxylic acids is 1. The van der Waals surface area contributed by atoms with Crippen molar-refractivity contribution in [2.45, 2.75) is 238 Å². The minimum absolute atomic E-state index is 0.169. The smallest absolute Gasteiger partial charge is 0.472 e. The van der Waals surface area contributed by atoms with Gasteiger partial charge in [-0.05, 0) is 12.8 Å². The molecular formula is C43H84NO10P. The van der Waals surface area contributed by atoms with Gasteiger partial charge in [-0.2, -0.15) is 0 Å². The van der Waals surface area contributed by atoms with Gasteiger partial charge < -0.3 is 25.2 Å². The average Bonchev–Trinajstić information content (AvgIpc) is 3.16. The van der Waals surface area contributed by atoms with Crippen molar-refractivity contribution in [1.29, 1.82) is 0 Å². The molecule has 11 nitrogen and oxygen atoms in total. The molecular weight excluding hydrogens is 721 g/mol. The number of hydrogen-bond donors (Lipinski definition) is 3. The lowest BCUT2D eigenvalue weighted by molar-refractivity contribution is -0.161. The minimum Gasteiger partial charge on any atom is -0.480 e.